The van der Waals surface area contributed by atoms with Crippen molar-refractivity contribution < 1.29 is 33.6 Å². The molecule has 4 aromatic carbocycles. The third kappa shape index (κ3) is 7.92. The summed E-state index contributed by atoms with van der Waals surface area (Å²) in [6, 6.07) is 22.2. The van der Waals surface area contributed by atoms with Crippen molar-refractivity contribution in [2.45, 2.75) is 19.8 Å². The van der Waals surface area contributed by atoms with Gasteiger partial charge >= 0.3 is 5.97 Å². The Hall–Kier alpha value is -5.30. The molecule has 7 nitrogen and oxygen atoms in total. The van der Waals surface area contributed by atoms with Crippen LogP contribution in [0.5, 0.6) is 23.0 Å². The predicted molar refractivity (Wildman–Crippen MR) is 169 cm³/mol. The number of esters is 1. The van der Waals surface area contributed by atoms with Crippen LogP contribution < -0.4 is 18.9 Å². The average Bonchev–Trinajstić information content (AvgIpc) is 3.02. The average molecular weight is 579 g/mol. The molecule has 0 amide bonds. The number of rotatable bonds is 11. The zero-order valence-electron chi connectivity index (χ0n) is 24.8. The van der Waals surface area contributed by atoms with E-state index >= 15 is 0 Å². The van der Waals surface area contributed by atoms with Gasteiger partial charge in [0.15, 0.2) is 17.3 Å². The highest BCUT2D eigenvalue weighted by Gasteiger charge is 2.20. The second kappa shape index (κ2) is 14.0. The van der Waals surface area contributed by atoms with E-state index in [0.717, 1.165) is 45.0 Å². The van der Waals surface area contributed by atoms with E-state index in [4.69, 9.17) is 18.9 Å². The maximum absolute atomic E-state index is 13.0. The van der Waals surface area contributed by atoms with Crippen molar-refractivity contribution in [1.82, 2.24) is 0 Å². The fourth-order valence-corrected chi connectivity index (χ4v) is 4.39. The van der Waals surface area contributed by atoms with Crippen LogP contribution in [0.1, 0.15) is 35.1 Å². The fraction of sp³-hybridized carbons (Fsp3) is 0.167. The number of carbonyl (C=O) groups is 2. The number of aryl methyl sites for hydroxylation is 1. The Balaban J connectivity index is 1.40. The molecule has 0 heterocycles. The van der Waals surface area contributed by atoms with Gasteiger partial charge in [-0.3, -0.25) is 9.59 Å². The number of benzene rings is 4. The molecule has 0 bridgehead atoms. The Morgan fingerprint density at radius 2 is 1.37 bits per heavy atom. The van der Waals surface area contributed by atoms with Crippen LogP contribution in [0.3, 0.4) is 0 Å². The van der Waals surface area contributed by atoms with E-state index in [1.807, 2.05) is 61.5 Å². The van der Waals surface area contributed by atoms with Gasteiger partial charge in [0, 0.05) is 6.08 Å². The number of carbonyl (C=O) groups excluding carboxylic acids is 2. The molecule has 0 saturated heterocycles. The minimum absolute atomic E-state index is 0.215. The molecule has 0 aromatic heterocycles. The van der Waals surface area contributed by atoms with Gasteiger partial charge in [-0.15, -0.1) is 0 Å². The molecule has 0 spiro atoms. The minimum atomic E-state index is -0.516. The molecule has 1 atom stereocenters. The number of hydrogen-bond donors (Lipinski definition) is 1. The first-order valence-electron chi connectivity index (χ1n) is 13.6. The van der Waals surface area contributed by atoms with Crippen molar-refractivity contribution in [3.05, 3.63) is 119 Å². The molecule has 4 aromatic rings. The summed E-state index contributed by atoms with van der Waals surface area (Å²) in [5, 5.41) is 12.3. The van der Waals surface area contributed by atoms with Gasteiger partial charge < -0.3 is 24.1 Å². The van der Waals surface area contributed by atoms with Gasteiger partial charge in [0.2, 0.25) is 0 Å². The van der Waals surface area contributed by atoms with Crippen LogP contribution >= 0.6 is 0 Å². The second-order valence-corrected chi connectivity index (χ2v) is 9.89. The first-order chi connectivity index (χ1) is 20.7. The summed E-state index contributed by atoms with van der Waals surface area (Å²) < 4.78 is 21.7. The van der Waals surface area contributed by atoms with Crippen LogP contribution in [0, 0.1) is 6.92 Å². The SMILES string of the molecule is COc1ccc2cc(C(C)C(=O)Oc3ccc(/C=C/C(O)=CC(=O)/C=C/c4ccc(C)c(OC)c4)cc3OC)ccc2c1. The number of aliphatic hydroxyl groups is 1. The summed E-state index contributed by atoms with van der Waals surface area (Å²) in [6.07, 6.45) is 7.17. The third-order valence-electron chi connectivity index (χ3n) is 6.93. The lowest BCUT2D eigenvalue weighted by molar-refractivity contribution is -0.135. The van der Waals surface area contributed by atoms with Crippen LogP contribution in [-0.2, 0) is 9.59 Å². The van der Waals surface area contributed by atoms with Crippen molar-refractivity contribution in [3.63, 3.8) is 0 Å². The summed E-state index contributed by atoms with van der Waals surface area (Å²) in [5.41, 5.74) is 3.30. The van der Waals surface area contributed by atoms with E-state index in [-0.39, 0.29) is 17.3 Å². The topological polar surface area (TPSA) is 91.3 Å². The Kier molecular flexibility index (Phi) is 10.0. The lowest BCUT2D eigenvalue weighted by Crippen LogP contribution is -2.16. The molecular weight excluding hydrogens is 544 g/mol. The van der Waals surface area contributed by atoms with E-state index in [2.05, 4.69) is 0 Å². The van der Waals surface area contributed by atoms with Crippen LogP contribution in [0.4, 0.5) is 0 Å². The van der Waals surface area contributed by atoms with Gasteiger partial charge in [0.05, 0.1) is 27.2 Å². The van der Waals surface area contributed by atoms with E-state index in [1.165, 1.54) is 19.3 Å². The van der Waals surface area contributed by atoms with Gasteiger partial charge in [-0.2, -0.15) is 0 Å². The van der Waals surface area contributed by atoms with Gasteiger partial charge in [-0.25, -0.2) is 0 Å². The largest absolute Gasteiger partial charge is 0.508 e. The van der Waals surface area contributed by atoms with Crippen molar-refractivity contribution in [1.29, 1.82) is 0 Å². The summed E-state index contributed by atoms with van der Waals surface area (Å²) in [6.45, 7) is 3.73. The predicted octanol–water partition coefficient (Wildman–Crippen LogP) is 7.62. The van der Waals surface area contributed by atoms with E-state index in [9.17, 15) is 14.7 Å². The fourth-order valence-electron chi connectivity index (χ4n) is 4.39. The van der Waals surface area contributed by atoms with E-state index < -0.39 is 11.9 Å². The molecule has 1 N–H and O–H groups in total. The summed E-state index contributed by atoms with van der Waals surface area (Å²) in [5.74, 6) is 0.594. The maximum Gasteiger partial charge on any atom is 0.318 e. The molecule has 7 heteroatoms. The Morgan fingerprint density at radius 3 is 2.09 bits per heavy atom. The number of allylic oxidation sites excluding steroid dienone is 3. The quantitative estimate of drug-likeness (QED) is 0.0644. The molecular formula is C36H34O7. The molecule has 0 aliphatic heterocycles. The van der Waals surface area contributed by atoms with E-state index in [1.54, 1.807) is 51.5 Å². The van der Waals surface area contributed by atoms with Crippen LogP contribution in [-0.4, -0.2) is 38.2 Å². The van der Waals surface area contributed by atoms with Crippen LogP contribution in [0.2, 0.25) is 0 Å². The lowest BCUT2D eigenvalue weighted by atomic mass is 9.98. The van der Waals surface area contributed by atoms with Crippen LogP contribution in [0.15, 0.2) is 96.8 Å². The summed E-state index contributed by atoms with van der Waals surface area (Å²) in [4.78, 5) is 25.3. The summed E-state index contributed by atoms with van der Waals surface area (Å²) >= 11 is 0. The Morgan fingerprint density at radius 1 is 0.721 bits per heavy atom. The zero-order valence-corrected chi connectivity index (χ0v) is 24.8. The molecule has 0 aliphatic carbocycles. The van der Waals surface area contributed by atoms with Crippen molar-refractivity contribution in [2.75, 3.05) is 21.3 Å². The Bertz CT molecular complexity index is 1730. The highest BCUT2D eigenvalue weighted by Crippen LogP contribution is 2.31. The first-order valence-corrected chi connectivity index (χ1v) is 13.6. The van der Waals surface area contributed by atoms with Gasteiger partial charge in [-0.1, -0.05) is 54.6 Å². The van der Waals surface area contributed by atoms with Gasteiger partial charge in [-0.05, 0) is 89.4 Å². The molecule has 0 fully saturated rings. The van der Waals surface area contributed by atoms with E-state index in [0.29, 0.717) is 11.3 Å². The Labute approximate surface area is 251 Å². The maximum atomic E-state index is 13.0. The second-order valence-electron chi connectivity index (χ2n) is 9.89. The molecule has 1 unspecified atom stereocenters. The first kappa shape index (κ1) is 30.7. The van der Waals surface area contributed by atoms with Crippen molar-refractivity contribution in [2.24, 2.45) is 0 Å². The molecule has 220 valence electrons. The number of ether oxygens (including phenoxy) is 4. The number of fused-ring (bicyclic) bond motifs is 1. The monoisotopic (exact) mass is 578 g/mol. The highest BCUT2D eigenvalue weighted by atomic mass is 16.6. The molecule has 43 heavy (non-hydrogen) atoms. The highest BCUT2D eigenvalue weighted by molar-refractivity contribution is 6.02. The minimum Gasteiger partial charge on any atom is -0.508 e. The number of hydrogen-bond acceptors (Lipinski definition) is 7. The lowest BCUT2D eigenvalue weighted by Gasteiger charge is -2.15. The number of aliphatic hydroxyl groups excluding tert-OH is 1. The summed E-state index contributed by atoms with van der Waals surface area (Å²) in [7, 11) is 4.70. The normalized spacial score (nSPS) is 12.4. The molecule has 4 rings (SSSR count). The molecule has 0 aliphatic rings. The van der Waals surface area contributed by atoms with Crippen molar-refractivity contribution >= 4 is 34.7 Å². The van der Waals surface area contributed by atoms with Gasteiger partial charge in [0.1, 0.15) is 17.3 Å². The van der Waals surface area contributed by atoms with Gasteiger partial charge in [0.25, 0.3) is 0 Å². The molecule has 0 radical (unpaired) electrons. The zero-order chi connectivity index (χ0) is 30.9. The number of ketones is 1. The van der Waals surface area contributed by atoms with Crippen LogP contribution in [0.25, 0.3) is 22.9 Å². The van der Waals surface area contributed by atoms with Crippen molar-refractivity contribution in [3.8, 4) is 23.0 Å². The number of methoxy groups -OCH3 is 3. The molecule has 0 saturated carbocycles. The third-order valence-corrected chi connectivity index (χ3v) is 6.93. The smallest absolute Gasteiger partial charge is 0.318 e. The standard InChI is InChI=1S/C36H34O7/c1-23-6-7-25(18-34(23)41-4)8-14-30(37)22-31(38)15-9-26-10-17-33(35(19-26)42-5)43-36(39)24(2)27-11-12-29-21-32(40-3)16-13-28(29)20-27/h6-22,24,38H,1-5H3/b14-8+,15-9+,31-22?.